The minimum absolute atomic E-state index is 0.392. The molecule has 0 radical (unpaired) electrons. The molecule has 130 valence electrons. The molecule has 2 aromatic rings. The van der Waals surface area contributed by atoms with Crippen LogP contribution in [0.15, 0.2) is 70.5 Å². The summed E-state index contributed by atoms with van der Waals surface area (Å²) in [6.45, 7) is 3.26. The van der Waals surface area contributed by atoms with E-state index in [2.05, 4.69) is 0 Å². The summed E-state index contributed by atoms with van der Waals surface area (Å²) in [7, 11) is -2.84. The molecule has 0 saturated carbocycles. The van der Waals surface area contributed by atoms with Crippen molar-refractivity contribution in [3.8, 4) is 0 Å². The van der Waals surface area contributed by atoms with E-state index in [-0.39, 0.29) is 0 Å². The van der Waals surface area contributed by atoms with Gasteiger partial charge in [-0.3, -0.25) is 9.11 Å². The predicted octanol–water partition coefficient (Wildman–Crippen LogP) is 3.66. The van der Waals surface area contributed by atoms with Crippen LogP contribution in [0.25, 0.3) is 0 Å². The van der Waals surface area contributed by atoms with E-state index >= 15 is 0 Å². The van der Waals surface area contributed by atoms with Gasteiger partial charge in [0.1, 0.15) is 12.2 Å². The summed E-state index contributed by atoms with van der Waals surface area (Å²) in [6, 6.07) is 17.8. The fourth-order valence-corrected chi connectivity index (χ4v) is 3.36. The van der Waals surface area contributed by atoms with Gasteiger partial charge in [-0.15, -0.1) is 10.6 Å². The van der Waals surface area contributed by atoms with E-state index in [0.717, 1.165) is 26.4 Å². The molecule has 0 aromatic heterocycles. The normalized spacial score (nSPS) is 22.2. The fourth-order valence-electron chi connectivity index (χ4n) is 2.02. The first-order chi connectivity index (χ1) is 11.7. The highest BCUT2D eigenvalue weighted by Gasteiger charge is 2.26. The molecule has 0 amide bonds. The van der Waals surface area contributed by atoms with Gasteiger partial charge in [-0.1, -0.05) is 36.4 Å². The monoisotopic (exact) mass is 350 g/mol. The number of benzene rings is 2. The van der Waals surface area contributed by atoms with Crippen molar-refractivity contribution in [3.63, 3.8) is 0 Å². The van der Waals surface area contributed by atoms with Gasteiger partial charge in [0.15, 0.2) is 0 Å². The maximum absolute atomic E-state index is 10.1. The third-order valence-electron chi connectivity index (χ3n) is 3.56. The molecule has 2 saturated heterocycles. The summed E-state index contributed by atoms with van der Waals surface area (Å²) < 4.78 is 35.3. The highest BCUT2D eigenvalue weighted by Crippen LogP contribution is 2.55. The summed E-state index contributed by atoms with van der Waals surface area (Å²) >= 11 is 0. The molecule has 6 heteroatoms. The molecule has 0 bridgehead atoms. The van der Waals surface area contributed by atoms with Gasteiger partial charge in [0.05, 0.1) is 36.2 Å². The minimum atomic E-state index is -2.84. The Bertz CT molecular complexity index is 558. The first kappa shape index (κ1) is 17.4. The Labute approximate surface area is 143 Å². The van der Waals surface area contributed by atoms with E-state index in [1.165, 1.54) is 0 Å². The lowest BCUT2D eigenvalue weighted by Gasteiger charge is -2.32. The molecule has 2 aliphatic heterocycles. The Hall–Kier alpha value is -1.41. The van der Waals surface area contributed by atoms with Crippen LogP contribution in [0.1, 0.15) is 0 Å². The van der Waals surface area contributed by atoms with Crippen LogP contribution in [-0.4, -0.2) is 47.7 Å². The lowest BCUT2D eigenvalue weighted by atomic mass is 10.4. The first-order valence-corrected chi connectivity index (χ1v) is 9.40. The van der Waals surface area contributed by atoms with Crippen LogP contribution in [0.3, 0.4) is 0 Å². The summed E-state index contributed by atoms with van der Waals surface area (Å²) in [4.78, 5) is 1.10. The molecule has 2 aromatic carbocycles. The van der Waals surface area contributed by atoms with Crippen molar-refractivity contribution >= 4 is 10.6 Å². The van der Waals surface area contributed by atoms with Gasteiger partial charge in [0.2, 0.25) is 0 Å². The van der Waals surface area contributed by atoms with Gasteiger partial charge in [0, 0.05) is 0 Å². The second kappa shape index (κ2) is 8.11. The Morgan fingerprint density at radius 2 is 1.17 bits per heavy atom. The number of rotatable bonds is 6. The average molecular weight is 350 g/mol. The van der Waals surface area contributed by atoms with Gasteiger partial charge < -0.3 is 14.2 Å². The molecule has 4 rings (SSSR count). The zero-order chi connectivity index (χ0) is 16.8. The van der Waals surface area contributed by atoms with Crippen LogP contribution >= 0.6 is 10.6 Å². The summed E-state index contributed by atoms with van der Waals surface area (Å²) in [5.74, 6) is 0. The van der Waals surface area contributed by atoms with Crippen LogP contribution in [0.2, 0.25) is 0 Å². The Morgan fingerprint density at radius 1 is 0.792 bits per heavy atom. The minimum Gasteiger partial charge on any atom is -0.376 e. The number of hydrogen-bond donors (Lipinski definition) is 2. The molecule has 2 N–H and O–H groups in total. The highest BCUT2D eigenvalue weighted by atomic mass is 32.3. The van der Waals surface area contributed by atoms with Gasteiger partial charge in [-0.05, 0) is 24.3 Å². The maximum atomic E-state index is 10.1. The zero-order valence-electron chi connectivity index (χ0n) is 13.3. The van der Waals surface area contributed by atoms with Crippen LogP contribution in [0, 0.1) is 0 Å². The molecule has 2 aliphatic rings. The lowest BCUT2D eigenvalue weighted by Crippen LogP contribution is -2.06. The largest absolute Gasteiger partial charge is 0.376 e. The highest BCUT2D eigenvalue weighted by molar-refractivity contribution is 8.24. The molecular formula is C18H22O5S. The SMILES string of the molecule is C(OCC1CO1)C1CO1.OS(O)(c1ccccc1)c1ccccc1. The molecule has 0 aliphatic carbocycles. The molecule has 2 heterocycles. The predicted molar refractivity (Wildman–Crippen MR) is 92.6 cm³/mol. The Morgan fingerprint density at radius 3 is 1.50 bits per heavy atom. The first-order valence-electron chi connectivity index (χ1n) is 7.85. The van der Waals surface area contributed by atoms with E-state index in [1.807, 2.05) is 12.1 Å². The average Bonchev–Trinajstić information content (AvgIpc) is 3.53. The molecule has 2 fully saturated rings. The number of hydrogen-bond acceptors (Lipinski definition) is 5. The molecule has 0 spiro atoms. The third kappa shape index (κ3) is 5.31. The second-order valence-corrected chi connectivity index (χ2v) is 7.66. The standard InChI is InChI=1S/C12H12O2S.C6H10O3/c13-15(14,11-7-3-1-4-8-11)12-9-5-2-6-10-12;1(5-3-8-5)7-2-6-4-9-6/h1-10,13-14H;5-6H,1-4H2. The maximum Gasteiger partial charge on any atom is 0.104 e. The number of ether oxygens (including phenoxy) is 3. The van der Waals surface area contributed by atoms with E-state index in [9.17, 15) is 9.11 Å². The molecular weight excluding hydrogens is 328 g/mol. The van der Waals surface area contributed by atoms with Gasteiger partial charge in [0.25, 0.3) is 0 Å². The van der Waals surface area contributed by atoms with Crippen molar-refractivity contribution in [1.29, 1.82) is 0 Å². The third-order valence-corrected chi connectivity index (χ3v) is 5.41. The van der Waals surface area contributed by atoms with Crippen molar-refractivity contribution < 1.29 is 23.3 Å². The van der Waals surface area contributed by atoms with Crippen molar-refractivity contribution in [2.24, 2.45) is 0 Å². The Kier molecular flexibility index (Phi) is 5.89. The zero-order valence-corrected chi connectivity index (χ0v) is 14.1. The van der Waals surface area contributed by atoms with Gasteiger partial charge in [-0.25, -0.2) is 0 Å². The second-order valence-electron chi connectivity index (χ2n) is 5.62. The van der Waals surface area contributed by atoms with E-state index < -0.39 is 10.6 Å². The summed E-state index contributed by atoms with van der Waals surface area (Å²) in [5.41, 5.74) is 0. The molecule has 2 unspecified atom stereocenters. The van der Waals surface area contributed by atoms with Gasteiger partial charge in [-0.2, -0.15) is 0 Å². The molecule has 5 nitrogen and oxygen atoms in total. The van der Waals surface area contributed by atoms with E-state index in [1.54, 1.807) is 48.5 Å². The van der Waals surface area contributed by atoms with Crippen LogP contribution in [-0.2, 0) is 14.2 Å². The quantitative estimate of drug-likeness (QED) is 0.778. The smallest absolute Gasteiger partial charge is 0.104 e. The van der Waals surface area contributed by atoms with E-state index in [0.29, 0.717) is 22.0 Å². The summed E-state index contributed by atoms with van der Waals surface area (Å²) in [6.07, 6.45) is 0.785. The van der Waals surface area contributed by atoms with Crippen molar-refractivity contribution in [1.82, 2.24) is 0 Å². The lowest BCUT2D eigenvalue weighted by molar-refractivity contribution is 0.102. The fraction of sp³-hybridized carbons (Fsp3) is 0.333. The van der Waals surface area contributed by atoms with Crippen molar-refractivity contribution in [2.75, 3.05) is 26.4 Å². The topological polar surface area (TPSA) is 74.8 Å². The van der Waals surface area contributed by atoms with Crippen molar-refractivity contribution in [3.05, 3.63) is 60.7 Å². The number of epoxide rings is 2. The van der Waals surface area contributed by atoms with Crippen LogP contribution in [0.4, 0.5) is 0 Å². The van der Waals surface area contributed by atoms with E-state index in [4.69, 9.17) is 14.2 Å². The molecule has 2 atom stereocenters. The Balaban J connectivity index is 0.000000159. The van der Waals surface area contributed by atoms with Crippen LogP contribution in [0.5, 0.6) is 0 Å². The van der Waals surface area contributed by atoms with Crippen molar-refractivity contribution in [2.45, 2.75) is 22.0 Å². The summed E-state index contributed by atoms with van der Waals surface area (Å²) in [5, 5.41) is 0. The molecule has 24 heavy (non-hydrogen) atoms. The van der Waals surface area contributed by atoms with Crippen LogP contribution < -0.4 is 0 Å². The van der Waals surface area contributed by atoms with Gasteiger partial charge >= 0.3 is 0 Å².